The number of hydrogen-bond donors (Lipinski definition) is 2. The van der Waals surface area contributed by atoms with Crippen LogP contribution in [0.1, 0.15) is 68.3 Å². The highest BCUT2D eigenvalue weighted by molar-refractivity contribution is 5.92. The Kier molecular flexibility index (Phi) is 6.11. The predicted octanol–water partition coefficient (Wildman–Crippen LogP) is 5.20. The number of benzene rings is 2. The molecule has 2 N–H and O–H groups in total. The van der Waals surface area contributed by atoms with E-state index in [9.17, 15) is 9.59 Å². The van der Waals surface area contributed by atoms with E-state index in [2.05, 4.69) is 42.7 Å². The lowest BCUT2D eigenvalue weighted by Gasteiger charge is -2.41. The van der Waals surface area contributed by atoms with Crippen LogP contribution in [-0.2, 0) is 15.0 Å². The molecule has 154 valence electrons. The lowest BCUT2D eigenvalue weighted by Crippen LogP contribution is -2.49. The van der Waals surface area contributed by atoms with E-state index in [4.69, 9.17) is 0 Å². The molecule has 1 aliphatic rings. The zero-order valence-corrected chi connectivity index (χ0v) is 18.1. The third-order valence-electron chi connectivity index (χ3n) is 6.11. The van der Waals surface area contributed by atoms with Gasteiger partial charge in [0.05, 0.1) is 11.5 Å². The molecule has 0 radical (unpaired) electrons. The molecule has 0 bridgehead atoms. The van der Waals surface area contributed by atoms with E-state index in [1.54, 1.807) is 0 Å². The van der Waals surface area contributed by atoms with E-state index >= 15 is 0 Å². The molecule has 1 aliphatic carbocycles. The Morgan fingerprint density at radius 1 is 0.966 bits per heavy atom. The van der Waals surface area contributed by atoms with Gasteiger partial charge in [-0.3, -0.25) is 9.59 Å². The van der Waals surface area contributed by atoms with Gasteiger partial charge in [-0.2, -0.15) is 0 Å². The highest BCUT2D eigenvalue weighted by Crippen LogP contribution is 2.44. The number of carbonyl (C=O) groups is 2. The lowest BCUT2D eigenvalue weighted by molar-refractivity contribution is -0.130. The number of hydrogen-bond acceptors (Lipinski definition) is 2. The molecular formula is C25H32N2O2. The highest BCUT2D eigenvalue weighted by Gasteiger charge is 2.45. The summed E-state index contributed by atoms with van der Waals surface area (Å²) in [5.74, 6) is 0.0245. The highest BCUT2D eigenvalue weighted by atomic mass is 16.2. The number of aryl methyl sites for hydroxylation is 2. The van der Waals surface area contributed by atoms with E-state index in [0.717, 1.165) is 36.1 Å². The average molecular weight is 393 g/mol. The quantitative estimate of drug-likeness (QED) is 0.710. The van der Waals surface area contributed by atoms with E-state index in [-0.39, 0.29) is 23.8 Å². The molecule has 4 heteroatoms. The molecule has 1 atom stereocenters. The van der Waals surface area contributed by atoms with Gasteiger partial charge in [-0.25, -0.2) is 0 Å². The molecule has 0 unspecified atom stereocenters. The molecule has 0 saturated heterocycles. The normalized spacial score (nSPS) is 16.1. The van der Waals surface area contributed by atoms with Crippen molar-refractivity contribution >= 4 is 17.5 Å². The third kappa shape index (κ3) is 4.36. The van der Waals surface area contributed by atoms with Gasteiger partial charge in [0.1, 0.15) is 0 Å². The van der Waals surface area contributed by atoms with Crippen LogP contribution < -0.4 is 10.6 Å². The van der Waals surface area contributed by atoms with Crippen molar-refractivity contribution in [1.82, 2.24) is 5.32 Å². The monoisotopic (exact) mass is 392 g/mol. The number of nitrogens with one attached hydrogen (secondary N) is 2. The third-order valence-corrected chi connectivity index (χ3v) is 6.11. The largest absolute Gasteiger partial charge is 0.349 e. The summed E-state index contributed by atoms with van der Waals surface area (Å²) >= 11 is 0. The maximum atomic E-state index is 13.3. The summed E-state index contributed by atoms with van der Waals surface area (Å²) in [6.07, 6.45) is 2.77. The van der Waals surface area contributed by atoms with Crippen molar-refractivity contribution in [1.29, 1.82) is 0 Å². The second kappa shape index (κ2) is 8.40. The minimum Gasteiger partial charge on any atom is -0.349 e. The Morgan fingerprint density at radius 2 is 1.62 bits per heavy atom. The number of rotatable bonds is 6. The summed E-state index contributed by atoms with van der Waals surface area (Å²) in [4.78, 5) is 25.2. The summed E-state index contributed by atoms with van der Waals surface area (Å²) in [6.45, 7) is 9.96. The van der Waals surface area contributed by atoms with Crippen LogP contribution in [0.15, 0.2) is 42.5 Å². The van der Waals surface area contributed by atoms with E-state index in [0.29, 0.717) is 0 Å². The van der Waals surface area contributed by atoms with Gasteiger partial charge in [0.15, 0.2) is 0 Å². The van der Waals surface area contributed by atoms with Crippen LogP contribution in [0, 0.1) is 19.8 Å². The van der Waals surface area contributed by atoms with Crippen molar-refractivity contribution < 1.29 is 9.59 Å². The SMILES string of the molecule is Cc1ccc([C@H](C)NC(=O)C2(c3ccc(NC(=O)C(C)C)cc3)CCC2)c(C)c1. The van der Waals surface area contributed by atoms with Crippen molar-refractivity contribution in [3.05, 3.63) is 64.7 Å². The van der Waals surface area contributed by atoms with Gasteiger partial charge in [-0.05, 0) is 62.4 Å². The van der Waals surface area contributed by atoms with Crippen LogP contribution in [-0.4, -0.2) is 11.8 Å². The molecule has 0 aromatic heterocycles. The Labute approximate surface area is 174 Å². The molecule has 4 nitrogen and oxygen atoms in total. The zero-order chi connectivity index (χ0) is 21.2. The molecule has 0 heterocycles. The summed E-state index contributed by atoms with van der Waals surface area (Å²) in [7, 11) is 0. The molecular weight excluding hydrogens is 360 g/mol. The number of amides is 2. The first-order valence-corrected chi connectivity index (χ1v) is 10.5. The average Bonchev–Trinajstić information content (AvgIpc) is 2.61. The maximum Gasteiger partial charge on any atom is 0.231 e. The second-order valence-corrected chi connectivity index (χ2v) is 8.71. The molecule has 2 aromatic carbocycles. The van der Waals surface area contributed by atoms with Gasteiger partial charge >= 0.3 is 0 Å². The van der Waals surface area contributed by atoms with Crippen LogP contribution >= 0.6 is 0 Å². The number of anilines is 1. The number of carbonyl (C=O) groups excluding carboxylic acids is 2. The predicted molar refractivity (Wildman–Crippen MR) is 118 cm³/mol. The van der Waals surface area contributed by atoms with Crippen molar-refractivity contribution in [2.24, 2.45) is 5.92 Å². The Hall–Kier alpha value is -2.62. The van der Waals surface area contributed by atoms with Crippen LogP contribution in [0.2, 0.25) is 0 Å². The standard InChI is InChI=1S/C25H32N2O2/c1-16(2)23(28)27-21-10-8-20(9-11-21)25(13-6-14-25)24(29)26-19(5)22-12-7-17(3)15-18(22)4/h7-12,15-16,19H,6,13-14H2,1-5H3,(H,26,29)(H,27,28)/t19-/m0/s1. The summed E-state index contributed by atoms with van der Waals surface area (Å²) in [5.41, 5.74) is 4.91. The molecule has 0 spiro atoms. The van der Waals surface area contributed by atoms with Crippen molar-refractivity contribution in [2.75, 3.05) is 5.32 Å². The summed E-state index contributed by atoms with van der Waals surface area (Å²) in [5, 5.41) is 6.16. The van der Waals surface area contributed by atoms with Gasteiger partial charge in [0.25, 0.3) is 0 Å². The smallest absolute Gasteiger partial charge is 0.231 e. The van der Waals surface area contributed by atoms with E-state index < -0.39 is 5.41 Å². The van der Waals surface area contributed by atoms with Crippen LogP contribution in [0.25, 0.3) is 0 Å². The molecule has 2 amide bonds. The van der Waals surface area contributed by atoms with Gasteiger partial charge in [0.2, 0.25) is 11.8 Å². The molecule has 1 saturated carbocycles. The summed E-state index contributed by atoms with van der Waals surface area (Å²) in [6, 6.07) is 14.1. The second-order valence-electron chi connectivity index (χ2n) is 8.71. The molecule has 0 aliphatic heterocycles. The Bertz CT molecular complexity index is 896. The minimum absolute atomic E-state index is 0.00357. The fourth-order valence-electron chi connectivity index (χ4n) is 4.06. The van der Waals surface area contributed by atoms with E-state index in [1.807, 2.05) is 45.0 Å². The minimum atomic E-state index is -0.465. The van der Waals surface area contributed by atoms with Gasteiger partial charge in [-0.1, -0.05) is 56.2 Å². The van der Waals surface area contributed by atoms with Crippen molar-refractivity contribution in [2.45, 2.75) is 65.3 Å². The lowest BCUT2D eigenvalue weighted by atomic mass is 9.63. The Morgan fingerprint density at radius 3 is 2.14 bits per heavy atom. The van der Waals surface area contributed by atoms with Gasteiger partial charge in [-0.15, -0.1) is 0 Å². The van der Waals surface area contributed by atoms with Crippen molar-refractivity contribution in [3.8, 4) is 0 Å². The topological polar surface area (TPSA) is 58.2 Å². The van der Waals surface area contributed by atoms with Gasteiger partial charge < -0.3 is 10.6 Å². The maximum absolute atomic E-state index is 13.3. The van der Waals surface area contributed by atoms with Gasteiger partial charge in [0, 0.05) is 11.6 Å². The van der Waals surface area contributed by atoms with E-state index in [1.165, 1.54) is 11.1 Å². The van der Waals surface area contributed by atoms with Crippen LogP contribution in [0.4, 0.5) is 5.69 Å². The molecule has 2 aromatic rings. The fraction of sp³-hybridized carbons (Fsp3) is 0.440. The van der Waals surface area contributed by atoms with Crippen molar-refractivity contribution in [3.63, 3.8) is 0 Å². The summed E-state index contributed by atoms with van der Waals surface area (Å²) < 4.78 is 0. The molecule has 1 fully saturated rings. The van der Waals surface area contributed by atoms with Crippen LogP contribution in [0.5, 0.6) is 0 Å². The first-order chi connectivity index (χ1) is 13.7. The Balaban J connectivity index is 1.75. The van der Waals surface area contributed by atoms with Crippen LogP contribution in [0.3, 0.4) is 0 Å². The zero-order valence-electron chi connectivity index (χ0n) is 18.1. The molecule has 29 heavy (non-hydrogen) atoms. The first-order valence-electron chi connectivity index (χ1n) is 10.5. The molecule has 3 rings (SSSR count). The first kappa shape index (κ1) is 21.1. The fourth-order valence-corrected chi connectivity index (χ4v) is 4.06.